The molecule has 0 bridgehead atoms. The van der Waals surface area contributed by atoms with Gasteiger partial charge in [-0.25, -0.2) is 4.98 Å². The standard InChI is InChI=1S/C9H13N3O2/c10-9(1-4-13-6-9)7-14-8-5-11-2-3-12-8/h2-3,5H,1,4,6-7,10H2. The van der Waals surface area contributed by atoms with Gasteiger partial charge in [0.25, 0.3) is 0 Å². The van der Waals surface area contributed by atoms with Gasteiger partial charge in [-0.3, -0.25) is 4.98 Å². The maximum Gasteiger partial charge on any atom is 0.232 e. The second kappa shape index (κ2) is 3.89. The van der Waals surface area contributed by atoms with Gasteiger partial charge >= 0.3 is 0 Å². The van der Waals surface area contributed by atoms with Gasteiger partial charge in [0.2, 0.25) is 5.88 Å². The summed E-state index contributed by atoms with van der Waals surface area (Å²) in [5, 5.41) is 0. The fraction of sp³-hybridized carbons (Fsp3) is 0.556. The molecule has 0 saturated carbocycles. The minimum atomic E-state index is -0.364. The topological polar surface area (TPSA) is 70.3 Å². The molecule has 1 saturated heterocycles. The molecular weight excluding hydrogens is 182 g/mol. The van der Waals surface area contributed by atoms with E-state index in [9.17, 15) is 0 Å². The number of nitrogens with zero attached hydrogens (tertiary/aromatic N) is 2. The van der Waals surface area contributed by atoms with Crippen molar-refractivity contribution in [2.24, 2.45) is 5.73 Å². The van der Waals surface area contributed by atoms with Crippen LogP contribution in [0.1, 0.15) is 6.42 Å². The highest BCUT2D eigenvalue weighted by Crippen LogP contribution is 2.16. The zero-order valence-corrected chi connectivity index (χ0v) is 7.85. The normalized spacial score (nSPS) is 26.4. The van der Waals surface area contributed by atoms with Crippen LogP contribution in [0.5, 0.6) is 5.88 Å². The molecule has 14 heavy (non-hydrogen) atoms. The summed E-state index contributed by atoms with van der Waals surface area (Å²) in [6.45, 7) is 1.68. The van der Waals surface area contributed by atoms with E-state index in [-0.39, 0.29) is 5.54 Å². The van der Waals surface area contributed by atoms with Crippen molar-refractivity contribution in [1.29, 1.82) is 0 Å². The molecule has 1 aliphatic heterocycles. The van der Waals surface area contributed by atoms with Crippen molar-refractivity contribution in [2.45, 2.75) is 12.0 Å². The molecule has 1 unspecified atom stereocenters. The van der Waals surface area contributed by atoms with Crippen LogP contribution in [-0.4, -0.2) is 35.3 Å². The van der Waals surface area contributed by atoms with Gasteiger partial charge in [0.15, 0.2) is 0 Å². The lowest BCUT2D eigenvalue weighted by Crippen LogP contribution is -2.46. The fourth-order valence-electron chi connectivity index (χ4n) is 1.31. The first-order chi connectivity index (χ1) is 6.79. The van der Waals surface area contributed by atoms with Gasteiger partial charge < -0.3 is 15.2 Å². The van der Waals surface area contributed by atoms with Crippen LogP contribution in [0.2, 0.25) is 0 Å². The van der Waals surface area contributed by atoms with Crippen LogP contribution in [-0.2, 0) is 4.74 Å². The van der Waals surface area contributed by atoms with Crippen LogP contribution in [0.15, 0.2) is 18.6 Å². The highest BCUT2D eigenvalue weighted by Gasteiger charge is 2.31. The summed E-state index contributed by atoms with van der Waals surface area (Å²) in [5.41, 5.74) is 5.65. The van der Waals surface area contributed by atoms with Gasteiger partial charge in [0, 0.05) is 19.0 Å². The Morgan fingerprint density at radius 1 is 1.57 bits per heavy atom. The van der Waals surface area contributed by atoms with E-state index in [4.69, 9.17) is 15.2 Å². The van der Waals surface area contributed by atoms with Crippen LogP contribution < -0.4 is 10.5 Å². The Hall–Kier alpha value is -1.20. The molecule has 0 amide bonds. The van der Waals surface area contributed by atoms with Crippen molar-refractivity contribution < 1.29 is 9.47 Å². The molecule has 76 valence electrons. The van der Waals surface area contributed by atoms with Gasteiger partial charge in [-0.2, -0.15) is 0 Å². The Kier molecular flexibility index (Phi) is 2.60. The summed E-state index contributed by atoms with van der Waals surface area (Å²) in [4.78, 5) is 7.88. The second-order valence-electron chi connectivity index (χ2n) is 3.50. The average Bonchev–Trinajstić information content (AvgIpc) is 2.65. The van der Waals surface area contributed by atoms with Crippen LogP contribution >= 0.6 is 0 Å². The molecule has 5 nitrogen and oxygen atoms in total. The van der Waals surface area contributed by atoms with Crippen LogP contribution in [0.25, 0.3) is 0 Å². The second-order valence-corrected chi connectivity index (χ2v) is 3.50. The molecule has 5 heteroatoms. The lowest BCUT2D eigenvalue weighted by Gasteiger charge is -2.20. The van der Waals surface area contributed by atoms with Gasteiger partial charge in [-0.1, -0.05) is 0 Å². The maximum absolute atomic E-state index is 6.01. The highest BCUT2D eigenvalue weighted by molar-refractivity contribution is 5.02. The first kappa shape index (κ1) is 9.36. The maximum atomic E-state index is 6.01. The number of aromatic nitrogens is 2. The summed E-state index contributed by atoms with van der Waals surface area (Å²) in [6, 6.07) is 0. The molecule has 1 aliphatic rings. The van der Waals surface area contributed by atoms with E-state index in [1.165, 1.54) is 0 Å². The fourth-order valence-corrected chi connectivity index (χ4v) is 1.31. The smallest absolute Gasteiger partial charge is 0.232 e. The molecule has 1 atom stereocenters. The van der Waals surface area contributed by atoms with Crippen LogP contribution in [0.3, 0.4) is 0 Å². The monoisotopic (exact) mass is 195 g/mol. The highest BCUT2D eigenvalue weighted by atomic mass is 16.5. The number of nitrogens with two attached hydrogens (primary N) is 1. The SMILES string of the molecule is NC1(COc2cnccn2)CCOC1. The minimum absolute atomic E-state index is 0.364. The van der Waals surface area contributed by atoms with E-state index in [0.717, 1.165) is 6.42 Å². The van der Waals surface area contributed by atoms with E-state index >= 15 is 0 Å². The lowest BCUT2D eigenvalue weighted by atomic mass is 10.0. The van der Waals surface area contributed by atoms with E-state index in [1.54, 1.807) is 18.6 Å². The third kappa shape index (κ3) is 2.18. The first-order valence-corrected chi connectivity index (χ1v) is 4.54. The van der Waals surface area contributed by atoms with Gasteiger partial charge in [-0.15, -0.1) is 0 Å². The quantitative estimate of drug-likeness (QED) is 0.733. The largest absolute Gasteiger partial charge is 0.475 e. The molecule has 2 N–H and O–H groups in total. The number of hydrogen-bond donors (Lipinski definition) is 1. The minimum Gasteiger partial charge on any atom is -0.475 e. The number of ether oxygens (including phenoxy) is 2. The predicted molar refractivity (Wildman–Crippen MR) is 49.9 cm³/mol. The molecule has 0 radical (unpaired) electrons. The van der Waals surface area contributed by atoms with Gasteiger partial charge in [0.05, 0.1) is 18.3 Å². The van der Waals surface area contributed by atoms with Crippen molar-refractivity contribution >= 4 is 0 Å². The average molecular weight is 195 g/mol. The molecule has 0 aromatic carbocycles. The summed E-state index contributed by atoms with van der Waals surface area (Å²) >= 11 is 0. The summed E-state index contributed by atoms with van der Waals surface area (Å²) < 4.78 is 10.6. The summed E-state index contributed by atoms with van der Waals surface area (Å²) in [6.07, 6.45) is 5.58. The zero-order valence-electron chi connectivity index (χ0n) is 7.85. The lowest BCUT2D eigenvalue weighted by molar-refractivity contribution is 0.149. The van der Waals surface area contributed by atoms with E-state index in [1.807, 2.05) is 0 Å². The number of hydrogen-bond acceptors (Lipinski definition) is 5. The van der Waals surface area contributed by atoms with Crippen LogP contribution in [0.4, 0.5) is 0 Å². The molecular formula is C9H13N3O2. The van der Waals surface area contributed by atoms with E-state index in [0.29, 0.717) is 25.7 Å². The first-order valence-electron chi connectivity index (χ1n) is 4.54. The molecule has 1 aromatic rings. The van der Waals surface area contributed by atoms with Gasteiger partial charge in [0.1, 0.15) is 6.61 Å². The summed E-state index contributed by atoms with van der Waals surface area (Å²) in [7, 11) is 0. The molecule has 1 fully saturated rings. The predicted octanol–water partition coefficient (Wildman–Crippen LogP) is -0.0268. The Morgan fingerprint density at radius 2 is 2.50 bits per heavy atom. The van der Waals surface area contributed by atoms with E-state index in [2.05, 4.69) is 9.97 Å². The molecule has 0 spiro atoms. The zero-order chi connectivity index (χ0) is 9.86. The van der Waals surface area contributed by atoms with Crippen molar-refractivity contribution in [2.75, 3.05) is 19.8 Å². The van der Waals surface area contributed by atoms with Crippen molar-refractivity contribution in [1.82, 2.24) is 9.97 Å². The Balaban J connectivity index is 1.88. The Bertz CT molecular complexity index is 285. The van der Waals surface area contributed by atoms with Gasteiger partial charge in [-0.05, 0) is 6.42 Å². The van der Waals surface area contributed by atoms with Crippen molar-refractivity contribution in [3.63, 3.8) is 0 Å². The van der Waals surface area contributed by atoms with E-state index < -0.39 is 0 Å². The van der Waals surface area contributed by atoms with Crippen molar-refractivity contribution in [3.8, 4) is 5.88 Å². The Morgan fingerprint density at radius 3 is 3.14 bits per heavy atom. The molecule has 0 aliphatic carbocycles. The third-order valence-electron chi connectivity index (χ3n) is 2.18. The molecule has 1 aromatic heterocycles. The Labute approximate surface area is 82.3 Å². The number of rotatable bonds is 3. The summed E-state index contributed by atoms with van der Waals surface area (Å²) in [5.74, 6) is 0.504. The van der Waals surface area contributed by atoms with Crippen molar-refractivity contribution in [3.05, 3.63) is 18.6 Å². The molecule has 2 rings (SSSR count). The molecule has 2 heterocycles. The third-order valence-corrected chi connectivity index (χ3v) is 2.18. The van der Waals surface area contributed by atoms with Crippen LogP contribution in [0, 0.1) is 0 Å².